The van der Waals surface area contributed by atoms with E-state index in [4.69, 9.17) is 4.52 Å². The van der Waals surface area contributed by atoms with Crippen molar-refractivity contribution < 1.29 is 19.5 Å². The second kappa shape index (κ2) is 6.51. The number of nitrogens with zero attached hydrogens (tertiary/aromatic N) is 1. The zero-order valence-corrected chi connectivity index (χ0v) is 15.8. The molecule has 2 aliphatic rings. The van der Waals surface area contributed by atoms with E-state index in [1.54, 1.807) is 24.3 Å². The molecule has 0 bridgehead atoms. The van der Waals surface area contributed by atoms with Crippen molar-refractivity contribution in [1.82, 2.24) is 5.16 Å². The Morgan fingerprint density at radius 1 is 0.966 bits per heavy atom. The second-order valence-electron chi connectivity index (χ2n) is 7.67. The van der Waals surface area contributed by atoms with E-state index in [2.05, 4.69) is 10.5 Å². The molecule has 0 saturated carbocycles. The van der Waals surface area contributed by atoms with Crippen LogP contribution in [0.2, 0.25) is 0 Å². The molecular formula is C23H20N2O4. The van der Waals surface area contributed by atoms with Gasteiger partial charge in [-0.05, 0) is 54.7 Å². The number of allylic oxidation sites excluding steroid dienone is 2. The van der Waals surface area contributed by atoms with Crippen molar-refractivity contribution in [2.45, 2.75) is 31.6 Å². The molecule has 1 aromatic heterocycles. The highest BCUT2D eigenvalue weighted by molar-refractivity contribution is 6.01. The van der Waals surface area contributed by atoms with Crippen LogP contribution < -0.4 is 5.32 Å². The molecule has 3 aromatic rings. The Morgan fingerprint density at radius 3 is 2.24 bits per heavy atom. The molecule has 146 valence electrons. The van der Waals surface area contributed by atoms with Crippen molar-refractivity contribution in [3.63, 3.8) is 0 Å². The van der Waals surface area contributed by atoms with E-state index in [0.717, 1.165) is 33.7 Å². The number of aromatic hydroxyl groups is 2. The zero-order valence-electron chi connectivity index (χ0n) is 15.8. The van der Waals surface area contributed by atoms with E-state index in [1.165, 1.54) is 0 Å². The van der Waals surface area contributed by atoms with Gasteiger partial charge in [-0.3, -0.25) is 4.79 Å². The maximum atomic E-state index is 13.3. The standard InChI is InChI=1S/C23H20N2O4/c1-12-20-21(14-4-8-17(27)9-5-14)22-18(24-23(20)29-25-12)10-15(11-19(22)28)13-2-6-16(26)7-3-13/h2-9,15,21,24,26-27H,10-11H2,1H3/t15-,21+/m1/s1. The number of carbonyl (C=O) groups is 1. The van der Waals surface area contributed by atoms with E-state index in [9.17, 15) is 15.0 Å². The molecular weight excluding hydrogens is 368 g/mol. The van der Waals surface area contributed by atoms with Crippen molar-refractivity contribution in [1.29, 1.82) is 0 Å². The topological polar surface area (TPSA) is 95.6 Å². The monoisotopic (exact) mass is 388 g/mol. The predicted molar refractivity (Wildman–Crippen MR) is 107 cm³/mol. The molecule has 0 unspecified atom stereocenters. The summed E-state index contributed by atoms with van der Waals surface area (Å²) in [6.45, 7) is 1.87. The van der Waals surface area contributed by atoms with Crippen LogP contribution in [0.25, 0.3) is 0 Å². The average Bonchev–Trinajstić information content (AvgIpc) is 3.08. The summed E-state index contributed by atoms with van der Waals surface area (Å²) in [6, 6.07) is 14.0. The zero-order chi connectivity index (χ0) is 20.1. The summed E-state index contributed by atoms with van der Waals surface area (Å²) in [5.74, 6) is 0.795. The van der Waals surface area contributed by atoms with Crippen molar-refractivity contribution in [2.75, 3.05) is 5.32 Å². The summed E-state index contributed by atoms with van der Waals surface area (Å²) in [5, 5.41) is 26.7. The molecule has 3 N–H and O–H groups in total. The van der Waals surface area contributed by atoms with Gasteiger partial charge >= 0.3 is 0 Å². The van der Waals surface area contributed by atoms with Crippen molar-refractivity contribution >= 4 is 11.7 Å². The quantitative estimate of drug-likeness (QED) is 0.604. The van der Waals surface area contributed by atoms with E-state index >= 15 is 0 Å². The Kier molecular flexibility index (Phi) is 3.94. The van der Waals surface area contributed by atoms with Gasteiger partial charge in [0.05, 0.1) is 11.3 Å². The number of phenols is 2. The molecule has 29 heavy (non-hydrogen) atoms. The number of fused-ring (bicyclic) bond motifs is 1. The summed E-state index contributed by atoms with van der Waals surface area (Å²) in [4.78, 5) is 13.3. The highest BCUT2D eigenvalue weighted by Crippen LogP contribution is 2.49. The van der Waals surface area contributed by atoms with Gasteiger partial charge in [0.15, 0.2) is 5.78 Å². The number of Topliss-reactive ketones (excluding diaryl/α,β-unsaturated/α-hetero) is 1. The molecule has 2 atom stereocenters. The van der Waals surface area contributed by atoms with Crippen molar-refractivity contribution in [2.24, 2.45) is 0 Å². The lowest BCUT2D eigenvalue weighted by molar-refractivity contribution is -0.116. The Hall–Kier alpha value is -3.54. The SMILES string of the molecule is Cc1noc2c1[C@H](c1ccc(O)cc1)C1=C(C[C@@H](c3ccc(O)cc3)CC1=O)N2. The first-order valence-electron chi connectivity index (χ1n) is 9.58. The van der Waals surface area contributed by atoms with Gasteiger partial charge in [-0.2, -0.15) is 0 Å². The fourth-order valence-corrected chi connectivity index (χ4v) is 4.45. The molecule has 5 rings (SSSR count). The van der Waals surface area contributed by atoms with Crippen LogP contribution in [0.5, 0.6) is 11.5 Å². The van der Waals surface area contributed by atoms with Crippen LogP contribution in [0.15, 0.2) is 64.3 Å². The Morgan fingerprint density at radius 2 is 1.59 bits per heavy atom. The Bertz CT molecular complexity index is 1130. The van der Waals surface area contributed by atoms with Crippen LogP contribution in [-0.2, 0) is 4.79 Å². The molecule has 0 fully saturated rings. The molecule has 2 aromatic carbocycles. The number of anilines is 1. The van der Waals surface area contributed by atoms with Gasteiger partial charge in [0.1, 0.15) is 11.5 Å². The average molecular weight is 388 g/mol. The fourth-order valence-electron chi connectivity index (χ4n) is 4.45. The first-order chi connectivity index (χ1) is 14.0. The molecule has 0 amide bonds. The third kappa shape index (κ3) is 2.88. The summed E-state index contributed by atoms with van der Waals surface area (Å²) >= 11 is 0. The molecule has 1 aliphatic carbocycles. The number of hydrogen-bond acceptors (Lipinski definition) is 6. The van der Waals surface area contributed by atoms with E-state index in [0.29, 0.717) is 18.7 Å². The van der Waals surface area contributed by atoms with Crippen molar-refractivity contribution in [3.8, 4) is 11.5 Å². The van der Waals surface area contributed by atoms with Gasteiger partial charge in [-0.15, -0.1) is 0 Å². The summed E-state index contributed by atoms with van der Waals surface area (Å²) in [6.07, 6.45) is 1.07. The lowest BCUT2D eigenvalue weighted by Gasteiger charge is -2.34. The highest BCUT2D eigenvalue weighted by atomic mass is 16.5. The molecule has 6 nitrogen and oxygen atoms in total. The molecule has 6 heteroatoms. The Balaban J connectivity index is 1.61. The van der Waals surface area contributed by atoms with Crippen LogP contribution >= 0.6 is 0 Å². The lowest BCUT2D eigenvalue weighted by atomic mass is 9.72. The smallest absolute Gasteiger partial charge is 0.233 e. The van der Waals surface area contributed by atoms with Gasteiger partial charge in [0, 0.05) is 23.6 Å². The minimum Gasteiger partial charge on any atom is -0.508 e. The number of aryl methyl sites for hydroxylation is 1. The van der Waals surface area contributed by atoms with E-state index in [1.807, 2.05) is 31.2 Å². The van der Waals surface area contributed by atoms with Crippen LogP contribution in [0.4, 0.5) is 5.88 Å². The number of carbonyl (C=O) groups excluding carboxylic acids is 1. The number of aromatic nitrogens is 1. The van der Waals surface area contributed by atoms with Gasteiger partial charge < -0.3 is 20.1 Å². The van der Waals surface area contributed by atoms with Gasteiger partial charge in [-0.1, -0.05) is 29.4 Å². The van der Waals surface area contributed by atoms with Crippen LogP contribution in [0.1, 0.15) is 47.1 Å². The molecule has 0 radical (unpaired) electrons. The third-order valence-electron chi connectivity index (χ3n) is 5.85. The second-order valence-corrected chi connectivity index (χ2v) is 7.67. The first kappa shape index (κ1) is 17.6. The fraction of sp³-hybridized carbons (Fsp3) is 0.217. The van der Waals surface area contributed by atoms with Gasteiger partial charge in [0.2, 0.25) is 5.88 Å². The first-order valence-corrected chi connectivity index (χ1v) is 9.58. The minimum atomic E-state index is -0.277. The highest BCUT2D eigenvalue weighted by Gasteiger charge is 2.41. The van der Waals surface area contributed by atoms with Gasteiger partial charge in [-0.25, -0.2) is 0 Å². The third-order valence-corrected chi connectivity index (χ3v) is 5.85. The number of hydrogen-bond donors (Lipinski definition) is 3. The van der Waals surface area contributed by atoms with E-state index in [-0.39, 0.29) is 29.1 Å². The Labute approximate surface area is 167 Å². The number of rotatable bonds is 2. The summed E-state index contributed by atoms with van der Waals surface area (Å²) in [5.41, 5.74) is 5.13. The van der Waals surface area contributed by atoms with Crippen LogP contribution in [0.3, 0.4) is 0 Å². The van der Waals surface area contributed by atoms with E-state index < -0.39 is 0 Å². The predicted octanol–water partition coefficient (Wildman–Crippen LogP) is 4.35. The number of ketones is 1. The normalized spacial score (nSPS) is 20.8. The van der Waals surface area contributed by atoms with Crippen LogP contribution in [0, 0.1) is 6.92 Å². The van der Waals surface area contributed by atoms with Crippen molar-refractivity contribution in [3.05, 3.63) is 82.2 Å². The van der Waals surface area contributed by atoms with Crippen LogP contribution in [-0.4, -0.2) is 21.2 Å². The minimum absolute atomic E-state index is 0.0281. The summed E-state index contributed by atoms with van der Waals surface area (Å²) < 4.78 is 5.51. The number of benzene rings is 2. The lowest BCUT2D eigenvalue weighted by Crippen LogP contribution is -2.29. The molecule has 0 saturated heterocycles. The number of nitrogens with one attached hydrogen (secondary N) is 1. The maximum absolute atomic E-state index is 13.3. The number of phenolic OH excluding ortho intramolecular Hbond substituents is 2. The molecule has 2 heterocycles. The summed E-state index contributed by atoms with van der Waals surface area (Å²) in [7, 11) is 0. The largest absolute Gasteiger partial charge is 0.508 e. The molecule has 1 aliphatic heterocycles. The maximum Gasteiger partial charge on any atom is 0.233 e. The molecule has 0 spiro atoms. The van der Waals surface area contributed by atoms with Gasteiger partial charge in [0.25, 0.3) is 0 Å².